The van der Waals surface area contributed by atoms with Gasteiger partial charge in [0.15, 0.2) is 0 Å². The molecule has 142 valence electrons. The fraction of sp³-hybridized carbons (Fsp3) is 0.300. The molecular weight excluding hydrogens is 428 g/mol. The molecule has 2 aromatic carbocycles. The molecular formula is C20H22BrClN4O. The number of halogens is 2. The van der Waals surface area contributed by atoms with Crippen LogP contribution in [0.4, 0.5) is 0 Å². The van der Waals surface area contributed by atoms with E-state index in [0.717, 1.165) is 47.8 Å². The van der Waals surface area contributed by atoms with Crippen LogP contribution in [-0.4, -0.2) is 54.6 Å². The quantitative estimate of drug-likeness (QED) is 0.543. The minimum atomic E-state index is -0.0931. The topological polar surface area (TPSA) is 47.9 Å². The van der Waals surface area contributed by atoms with Gasteiger partial charge in [-0.15, -0.1) is 0 Å². The summed E-state index contributed by atoms with van der Waals surface area (Å²) >= 11 is 9.38. The van der Waals surface area contributed by atoms with Crippen molar-refractivity contribution >= 4 is 39.7 Å². The summed E-state index contributed by atoms with van der Waals surface area (Å²) in [6.07, 6.45) is 1.64. The fourth-order valence-electron chi connectivity index (χ4n) is 2.95. The number of carbonyl (C=O) groups is 1. The summed E-state index contributed by atoms with van der Waals surface area (Å²) < 4.78 is 0.944. The highest BCUT2D eigenvalue weighted by Crippen LogP contribution is 2.14. The first-order chi connectivity index (χ1) is 13.1. The molecule has 1 amide bonds. The number of piperazine rings is 1. The molecule has 2 aromatic rings. The number of hydrogen-bond donors (Lipinski definition) is 1. The van der Waals surface area contributed by atoms with Crippen LogP contribution in [0.1, 0.15) is 11.1 Å². The third kappa shape index (κ3) is 6.43. The lowest BCUT2D eigenvalue weighted by Gasteiger charge is -2.34. The zero-order valence-electron chi connectivity index (χ0n) is 14.9. The fourth-order valence-corrected chi connectivity index (χ4v) is 3.46. The number of amides is 1. The molecule has 1 fully saturated rings. The predicted molar refractivity (Wildman–Crippen MR) is 113 cm³/mol. The molecule has 1 saturated heterocycles. The Balaban J connectivity index is 1.39. The highest BCUT2D eigenvalue weighted by atomic mass is 79.9. The van der Waals surface area contributed by atoms with E-state index >= 15 is 0 Å². The Kier molecular flexibility index (Phi) is 7.41. The van der Waals surface area contributed by atoms with E-state index in [0.29, 0.717) is 6.54 Å². The maximum absolute atomic E-state index is 12.1. The van der Waals surface area contributed by atoms with Crippen LogP contribution in [0.15, 0.2) is 58.1 Å². The van der Waals surface area contributed by atoms with Crippen molar-refractivity contribution in [2.75, 3.05) is 32.7 Å². The first-order valence-electron chi connectivity index (χ1n) is 8.86. The van der Waals surface area contributed by atoms with Crippen molar-refractivity contribution in [2.45, 2.75) is 6.54 Å². The van der Waals surface area contributed by atoms with Crippen molar-refractivity contribution in [3.05, 3.63) is 69.2 Å². The zero-order chi connectivity index (χ0) is 19.1. The van der Waals surface area contributed by atoms with Gasteiger partial charge >= 0.3 is 0 Å². The minimum Gasteiger partial charge on any atom is -0.297 e. The van der Waals surface area contributed by atoms with Gasteiger partial charge in [0.1, 0.15) is 0 Å². The first kappa shape index (κ1) is 20.0. The second-order valence-corrected chi connectivity index (χ2v) is 7.78. The van der Waals surface area contributed by atoms with E-state index < -0.39 is 0 Å². The summed E-state index contributed by atoms with van der Waals surface area (Å²) in [6, 6.07) is 15.7. The zero-order valence-corrected chi connectivity index (χ0v) is 17.3. The van der Waals surface area contributed by atoms with Crippen molar-refractivity contribution in [2.24, 2.45) is 5.10 Å². The van der Waals surface area contributed by atoms with Crippen LogP contribution < -0.4 is 5.43 Å². The molecule has 1 N–H and O–H groups in total. The number of nitrogens with zero attached hydrogens (tertiary/aromatic N) is 3. The molecule has 1 aliphatic rings. The molecule has 0 radical (unpaired) electrons. The lowest BCUT2D eigenvalue weighted by molar-refractivity contribution is -0.122. The molecule has 1 heterocycles. The molecule has 5 nitrogen and oxygen atoms in total. The first-order valence-corrected chi connectivity index (χ1v) is 10.0. The highest BCUT2D eigenvalue weighted by molar-refractivity contribution is 9.10. The number of nitrogens with one attached hydrogen (secondary N) is 1. The second kappa shape index (κ2) is 9.99. The Hall–Kier alpha value is -1.73. The van der Waals surface area contributed by atoms with E-state index in [2.05, 4.69) is 48.4 Å². The number of hydrazone groups is 1. The molecule has 1 aliphatic heterocycles. The summed E-state index contributed by atoms with van der Waals surface area (Å²) in [6.45, 7) is 4.89. The number of hydrogen-bond acceptors (Lipinski definition) is 4. The molecule has 3 rings (SSSR count). The molecule has 0 saturated carbocycles. The molecule has 27 heavy (non-hydrogen) atoms. The maximum atomic E-state index is 12.1. The second-order valence-electron chi connectivity index (χ2n) is 6.49. The number of rotatable bonds is 6. The lowest BCUT2D eigenvalue weighted by atomic mass is 10.2. The summed E-state index contributed by atoms with van der Waals surface area (Å²) in [5.41, 5.74) is 4.79. The van der Waals surface area contributed by atoms with Crippen LogP contribution in [0.2, 0.25) is 5.02 Å². The molecule has 0 unspecified atom stereocenters. The Morgan fingerprint density at radius 1 is 1.07 bits per heavy atom. The minimum absolute atomic E-state index is 0.0931. The predicted octanol–water partition coefficient (Wildman–Crippen LogP) is 3.37. The number of benzene rings is 2. The molecule has 0 aliphatic carbocycles. The average molecular weight is 450 g/mol. The van der Waals surface area contributed by atoms with Gasteiger partial charge in [0.05, 0.1) is 12.8 Å². The van der Waals surface area contributed by atoms with E-state index in [9.17, 15) is 4.79 Å². The lowest BCUT2D eigenvalue weighted by Crippen LogP contribution is -2.48. The van der Waals surface area contributed by atoms with Crippen molar-refractivity contribution in [1.82, 2.24) is 15.2 Å². The third-order valence-corrected chi connectivity index (χ3v) is 5.42. The monoisotopic (exact) mass is 448 g/mol. The van der Waals surface area contributed by atoms with Gasteiger partial charge in [0.25, 0.3) is 5.91 Å². The summed E-state index contributed by atoms with van der Waals surface area (Å²) in [5, 5.41) is 4.80. The van der Waals surface area contributed by atoms with E-state index in [1.165, 1.54) is 5.56 Å². The molecule has 0 bridgehead atoms. The van der Waals surface area contributed by atoms with Crippen molar-refractivity contribution in [1.29, 1.82) is 0 Å². The standard InChI is InChI=1S/C20H22BrClN4O/c21-19-4-2-1-3-17(19)13-23-24-20(27)15-26-11-9-25(10-12-26)14-16-5-7-18(22)8-6-16/h1-8,13H,9-12,14-15H2,(H,24,27)/b23-13+. The van der Waals surface area contributed by atoms with E-state index in [1.807, 2.05) is 36.4 Å². The van der Waals surface area contributed by atoms with Crippen molar-refractivity contribution in [3.8, 4) is 0 Å². The Morgan fingerprint density at radius 2 is 1.74 bits per heavy atom. The molecule has 7 heteroatoms. The summed E-state index contributed by atoms with van der Waals surface area (Å²) in [7, 11) is 0. The molecule has 0 aromatic heterocycles. The largest absolute Gasteiger partial charge is 0.297 e. The van der Waals surface area contributed by atoms with Gasteiger partial charge in [-0.2, -0.15) is 5.10 Å². The Bertz CT molecular complexity index is 789. The van der Waals surface area contributed by atoms with Gasteiger partial charge in [0, 0.05) is 47.8 Å². The van der Waals surface area contributed by atoms with Gasteiger partial charge in [0.2, 0.25) is 0 Å². The van der Waals surface area contributed by atoms with Gasteiger partial charge in [-0.25, -0.2) is 5.43 Å². The van der Waals surface area contributed by atoms with Gasteiger partial charge in [-0.05, 0) is 23.8 Å². The highest BCUT2D eigenvalue weighted by Gasteiger charge is 2.18. The van der Waals surface area contributed by atoms with Crippen LogP contribution in [0.25, 0.3) is 0 Å². The van der Waals surface area contributed by atoms with E-state index in [4.69, 9.17) is 11.6 Å². The van der Waals surface area contributed by atoms with Gasteiger partial charge in [-0.1, -0.05) is 57.9 Å². The van der Waals surface area contributed by atoms with Crippen LogP contribution in [0.3, 0.4) is 0 Å². The Morgan fingerprint density at radius 3 is 2.44 bits per heavy atom. The van der Waals surface area contributed by atoms with E-state index in [1.54, 1.807) is 6.21 Å². The summed E-state index contributed by atoms with van der Waals surface area (Å²) in [4.78, 5) is 16.6. The summed E-state index contributed by atoms with van der Waals surface area (Å²) in [5.74, 6) is -0.0931. The van der Waals surface area contributed by atoms with Crippen molar-refractivity contribution in [3.63, 3.8) is 0 Å². The number of carbonyl (C=O) groups excluding carboxylic acids is 1. The smallest absolute Gasteiger partial charge is 0.254 e. The molecule has 0 atom stereocenters. The van der Waals surface area contributed by atoms with Crippen LogP contribution >= 0.6 is 27.5 Å². The maximum Gasteiger partial charge on any atom is 0.254 e. The Labute approximate surface area is 173 Å². The van der Waals surface area contributed by atoms with E-state index in [-0.39, 0.29) is 5.91 Å². The van der Waals surface area contributed by atoms with Gasteiger partial charge in [-0.3, -0.25) is 14.6 Å². The average Bonchev–Trinajstić information content (AvgIpc) is 2.67. The van der Waals surface area contributed by atoms with Crippen LogP contribution in [0.5, 0.6) is 0 Å². The SMILES string of the molecule is O=C(CN1CCN(Cc2ccc(Cl)cc2)CC1)N/N=C/c1ccccc1Br. The van der Waals surface area contributed by atoms with Crippen molar-refractivity contribution < 1.29 is 4.79 Å². The van der Waals surface area contributed by atoms with Crippen LogP contribution in [-0.2, 0) is 11.3 Å². The van der Waals surface area contributed by atoms with Gasteiger partial charge < -0.3 is 0 Å². The molecule has 0 spiro atoms. The van der Waals surface area contributed by atoms with Crippen LogP contribution in [0, 0.1) is 0 Å². The normalized spacial score (nSPS) is 15.9. The third-order valence-electron chi connectivity index (χ3n) is 4.45.